The third-order valence-corrected chi connectivity index (χ3v) is 3.87. The van der Waals surface area contributed by atoms with Gasteiger partial charge in [-0.15, -0.1) is 11.8 Å². The molecule has 0 spiro atoms. The number of aryl methyl sites for hydroxylation is 2. The fourth-order valence-corrected chi connectivity index (χ4v) is 2.66. The van der Waals surface area contributed by atoms with Crippen LogP contribution in [0.15, 0.2) is 17.2 Å². The van der Waals surface area contributed by atoms with Gasteiger partial charge in [0.1, 0.15) is 0 Å². The van der Waals surface area contributed by atoms with Crippen molar-refractivity contribution in [1.29, 1.82) is 0 Å². The molecule has 2 unspecified atom stereocenters. The summed E-state index contributed by atoms with van der Waals surface area (Å²) in [4.78, 5) is 15.8. The van der Waals surface area contributed by atoms with Gasteiger partial charge in [0.15, 0.2) is 0 Å². The van der Waals surface area contributed by atoms with E-state index in [2.05, 4.69) is 10.4 Å². The van der Waals surface area contributed by atoms with E-state index >= 15 is 0 Å². The van der Waals surface area contributed by atoms with E-state index in [0.29, 0.717) is 0 Å². The van der Waals surface area contributed by atoms with Gasteiger partial charge in [0.25, 0.3) is 0 Å². The second kappa shape index (κ2) is 6.02. The highest BCUT2D eigenvalue weighted by Gasteiger charge is 2.20. The number of hydrogen-bond donors (Lipinski definition) is 2. The zero-order chi connectivity index (χ0) is 13.0. The van der Waals surface area contributed by atoms with Crippen molar-refractivity contribution in [2.24, 2.45) is 11.8 Å². The first-order valence-electron chi connectivity index (χ1n) is 5.56. The van der Waals surface area contributed by atoms with Gasteiger partial charge in [0, 0.05) is 16.9 Å². The second-order valence-electron chi connectivity index (χ2n) is 4.24. The third-order valence-electron chi connectivity index (χ3n) is 2.64. The molecule has 1 amide bonds. The average Bonchev–Trinajstić information content (AvgIpc) is 2.25. The Hall–Kier alpha value is -1.07. The van der Waals surface area contributed by atoms with E-state index in [9.17, 15) is 4.79 Å². The van der Waals surface area contributed by atoms with Crippen LogP contribution in [-0.2, 0) is 4.79 Å². The summed E-state index contributed by atoms with van der Waals surface area (Å²) in [6.45, 7) is 7.88. The van der Waals surface area contributed by atoms with Crippen molar-refractivity contribution in [3.05, 3.63) is 23.4 Å². The Labute approximate surface area is 106 Å². The maximum atomic E-state index is 11.4. The number of rotatable bonds is 4. The van der Waals surface area contributed by atoms with Crippen molar-refractivity contribution >= 4 is 17.7 Å². The quantitative estimate of drug-likeness (QED) is 0.371. The van der Waals surface area contributed by atoms with Crippen LogP contribution < -0.4 is 11.3 Å². The van der Waals surface area contributed by atoms with E-state index in [4.69, 9.17) is 5.84 Å². The van der Waals surface area contributed by atoms with Crippen LogP contribution in [0.4, 0.5) is 0 Å². The Kier molecular flexibility index (Phi) is 4.96. The van der Waals surface area contributed by atoms with Crippen LogP contribution in [0.2, 0.25) is 0 Å². The van der Waals surface area contributed by atoms with Crippen molar-refractivity contribution in [3.8, 4) is 0 Å². The van der Waals surface area contributed by atoms with Crippen molar-refractivity contribution in [3.63, 3.8) is 0 Å². The molecule has 0 aliphatic rings. The predicted molar refractivity (Wildman–Crippen MR) is 70.5 cm³/mol. The maximum absolute atomic E-state index is 11.4. The molecular formula is C12H19N3OS. The molecule has 4 nitrogen and oxygen atoms in total. The van der Waals surface area contributed by atoms with E-state index in [-0.39, 0.29) is 17.1 Å². The van der Waals surface area contributed by atoms with Crippen LogP contribution in [0.25, 0.3) is 0 Å². The van der Waals surface area contributed by atoms with E-state index < -0.39 is 0 Å². The minimum Gasteiger partial charge on any atom is -0.294 e. The Morgan fingerprint density at radius 2 is 2.06 bits per heavy atom. The van der Waals surface area contributed by atoms with Gasteiger partial charge in [0.05, 0.1) is 5.03 Å². The number of pyridine rings is 1. The summed E-state index contributed by atoms with van der Waals surface area (Å²) < 4.78 is 0. The molecule has 1 aromatic rings. The Morgan fingerprint density at radius 1 is 1.41 bits per heavy atom. The Balaban J connectivity index is 2.73. The maximum Gasteiger partial charge on any atom is 0.237 e. The first-order chi connectivity index (χ1) is 7.93. The van der Waals surface area contributed by atoms with Crippen molar-refractivity contribution in [2.45, 2.75) is 38.0 Å². The van der Waals surface area contributed by atoms with Gasteiger partial charge in [0.2, 0.25) is 5.91 Å². The molecule has 17 heavy (non-hydrogen) atoms. The number of nitrogens with zero attached hydrogens (tertiary/aromatic N) is 1. The number of hydrazine groups is 1. The molecule has 1 heterocycles. The highest BCUT2D eigenvalue weighted by atomic mass is 32.2. The van der Waals surface area contributed by atoms with Gasteiger partial charge in [-0.05, 0) is 31.5 Å². The normalized spacial score (nSPS) is 14.2. The summed E-state index contributed by atoms with van der Waals surface area (Å²) in [7, 11) is 0. The summed E-state index contributed by atoms with van der Waals surface area (Å²) in [5.74, 6) is 4.84. The number of nitrogens with two attached hydrogens (primary N) is 1. The minimum atomic E-state index is -0.146. The summed E-state index contributed by atoms with van der Waals surface area (Å²) in [5, 5.41) is 1.08. The smallest absolute Gasteiger partial charge is 0.237 e. The van der Waals surface area contributed by atoms with Crippen LogP contribution in [-0.4, -0.2) is 16.1 Å². The van der Waals surface area contributed by atoms with Gasteiger partial charge < -0.3 is 0 Å². The lowest BCUT2D eigenvalue weighted by atomic mass is 10.1. The molecule has 1 aromatic heterocycles. The van der Waals surface area contributed by atoms with Crippen LogP contribution in [0.3, 0.4) is 0 Å². The largest absolute Gasteiger partial charge is 0.294 e. The van der Waals surface area contributed by atoms with Gasteiger partial charge in [-0.1, -0.05) is 13.8 Å². The van der Waals surface area contributed by atoms with Crippen molar-refractivity contribution < 1.29 is 4.79 Å². The monoisotopic (exact) mass is 253 g/mol. The molecule has 5 heteroatoms. The molecule has 0 saturated carbocycles. The first kappa shape index (κ1) is 14.0. The highest BCUT2D eigenvalue weighted by molar-refractivity contribution is 7.99. The SMILES string of the molecule is Cc1cc(C)nc(SC(C)C(C)C(=O)NN)c1. The highest BCUT2D eigenvalue weighted by Crippen LogP contribution is 2.27. The van der Waals surface area contributed by atoms with Crippen LogP contribution in [0.5, 0.6) is 0 Å². The number of carbonyl (C=O) groups excluding carboxylic acids is 1. The summed E-state index contributed by atoms with van der Waals surface area (Å²) in [6, 6.07) is 4.06. The molecule has 94 valence electrons. The van der Waals surface area contributed by atoms with Crippen LogP contribution in [0, 0.1) is 19.8 Å². The number of aromatic nitrogens is 1. The number of carbonyl (C=O) groups is 1. The topological polar surface area (TPSA) is 68.0 Å². The second-order valence-corrected chi connectivity index (χ2v) is 5.64. The number of thioether (sulfide) groups is 1. The van der Waals surface area contributed by atoms with E-state index in [1.807, 2.05) is 39.8 Å². The first-order valence-corrected chi connectivity index (χ1v) is 6.44. The average molecular weight is 253 g/mol. The van der Waals surface area contributed by atoms with Gasteiger partial charge in [-0.2, -0.15) is 0 Å². The Bertz CT molecular complexity index is 388. The van der Waals surface area contributed by atoms with E-state index in [1.54, 1.807) is 11.8 Å². The molecule has 2 atom stereocenters. The minimum absolute atomic E-state index is 0.132. The lowest BCUT2D eigenvalue weighted by Crippen LogP contribution is -2.38. The molecule has 3 N–H and O–H groups in total. The zero-order valence-corrected chi connectivity index (χ0v) is 11.5. The lowest BCUT2D eigenvalue weighted by molar-refractivity contribution is -0.124. The molecule has 0 bridgehead atoms. The third kappa shape index (κ3) is 4.02. The van der Waals surface area contributed by atoms with Gasteiger partial charge in [-0.3, -0.25) is 10.2 Å². The van der Waals surface area contributed by atoms with Crippen LogP contribution >= 0.6 is 11.8 Å². The fourth-order valence-electron chi connectivity index (χ4n) is 1.50. The number of amides is 1. The molecule has 0 aliphatic carbocycles. The molecule has 0 fully saturated rings. The zero-order valence-electron chi connectivity index (χ0n) is 10.7. The molecule has 0 aliphatic heterocycles. The van der Waals surface area contributed by atoms with E-state index in [0.717, 1.165) is 10.7 Å². The molecule has 1 rings (SSSR count). The summed E-state index contributed by atoms with van der Waals surface area (Å²) >= 11 is 1.60. The number of nitrogens with one attached hydrogen (secondary N) is 1. The van der Waals surface area contributed by atoms with Gasteiger partial charge >= 0.3 is 0 Å². The van der Waals surface area contributed by atoms with E-state index in [1.165, 1.54) is 5.56 Å². The summed E-state index contributed by atoms with van der Waals surface area (Å²) in [6.07, 6.45) is 0. The molecule has 0 radical (unpaired) electrons. The van der Waals surface area contributed by atoms with Crippen molar-refractivity contribution in [2.75, 3.05) is 0 Å². The molecule has 0 saturated heterocycles. The standard InChI is InChI=1S/C12H19N3OS/c1-7-5-8(2)14-11(6-7)17-10(4)9(3)12(16)15-13/h5-6,9-10H,13H2,1-4H3,(H,15,16). The summed E-state index contributed by atoms with van der Waals surface area (Å²) in [5.41, 5.74) is 4.36. The van der Waals surface area contributed by atoms with Crippen molar-refractivity contribution in [1.82, 2.24) is 10.4 Å². The predicted octanol–water partition coefficient (Wildman–Crippen LogP) is 1.81. The fraction of sp³-hybridized carbons (Fsp3) is 0.500. The van der Waals surface area contributed by atoms with Crippen LogP contribution in [0.1, 0.15) is 25.1 Å². The molecule has 0 aromatic carbocycles. The van der Waals surface area contributed by atoms with Gasteiger partial charge in [-0.25, -0.2) is 10.8 Å². The Morgan fingerprint density at radius 3 is 2.59 bits per heavy atom. The lowest BCUT2D eigenvalue weighted by Gasteiger charge is -2.17. The molecular weight excluding hydrogens is 234 g/mol. The number of hydrogen-bond acceptors (Lipinski definition) is 4.